The number of hydrogen-bond acceptors (Lipinski definition) is 3. The number of nitrogens with two attached hydrogens (primary N) is 1. The Bertz CT molecular complexity index is 183. The number of carbonyl (C=O) groups is 1. The molecule has 16 heavy (non-hydrogen) atoms. The molecule has 0 aliphatic heterocycles. The third-order valence-electron chi connectivity index (χ3n) is 2.75. The molecule has 0 aliphatic carbocycles. The second kappa shape index (κ2) is 9.60. The van der Waals surface area contributed by atoms with Gasteiger partial charge in [0, 0.05) is 19.0 Å². The van der Waals surface area contributed by atoms with E-state index in [0.29, 0.717) is 19.0 Å². The molecule has 0 aromatic carbocycles. The number of hydrogen-bond donors (Lipinski definition) is 2. The van der Waals surface area contributed by atoms with Crippen LogP contribution < -0.4 is 11.1 Å². The van der Waals surface area contributed by atoms with Crippen LogP contribution >= 0.6 is 0 Å². The molecular weight excluding hydrogens is 202 g/mol. The molecule has 0 aromatic rings. The van der Waals surface area contributed by atoms with Gasteiger partial charge in [0.2, 0.25) is 5.91 Å². The van der Waals surface area contributed by atoms with Crippen LogP contribution in [0.5, 0.6) is 0 Å². The fraction of sp³-hybridized carbons (Fsp3) is 0.917. The molecule has 1 amide bonds. The minimum atomic E-state index is 0.127. The highest BCUT2D eigenvalue weighted by molar-refractivity contribution is 5.75. The van der Waals surface area contributed by atoms with Gasteiger partial charge < -0.3 is 16.0 Å². The lowest BCUT2D eigenvalue weighted by Crippen LogP contribution is -2.29. The van der Waals surface area contributed by atoms with Gasteiger partial charge in [-0.1, -0.05) is 0 Å². The van der Waals surface area contributed by atoms with E-state index in [2.05, 4.69) is 31.1 Å². The molecule has 0 bridgehead atoms. The zero-order valence-corrected chi connectivity index (χ0v) is 11.0. The molecule has 0 saturated heterocycles. The van der Waals surface area contributed by atoms with Crippen molar-refractivity contribution in [2.45, 2.75) is 45.6 Å². The van der Waals surface area contributed by atoms with E-state index in [1.54, 1.807) is 0 Å². The molecule has 0 fully saturated rings. The molecule has 0 unspecified atom stereocenters. The van der Waals surface area contributed by atoms with Gasteiger partial charge in [0.15, 0.2) is 0 Å². The summed E-state index contributed by atoms with van der Waals surface area (Å²) in [6.07, 6.45) is 3.52. The molecule has 0 heterocycles. The van der Waals surface area contributed by atoms with Crippen molar-refractivity contribution in [1.82, 2.24) is 10.2 Å². The third-order valence-corrected chi connectivity index (χ3v) is 2.75. The molecule has 0 rings (SSSR count). The average Bonchev–Trinajstić information content (AvgIpc) is 2.25. The van der Waals surface area contributed by atoms with Gasteiger partial charge in [-0.25, -0.2) is 0 Å². The van der Waals surface area contributed by atoms with Gasteiger partial charge in [-0.2, -0.15) is 0 Å². The molecule has 0 radical (unpaired) electrons. The predicted octanol–water partition coefficient (Wildman–Crippen LogP) is 0.962. The summed E-state index contributed by atoms with van der Waals surface area (Å²) in [5.74, 6) is 0.127. The number of rotatable bonds is 9. The van der Waals surface area contributed by atoms with Gasteiger partial charge >= 0.3 is 0 Å². The highest BCUT2D eigenvalue weighted by atomic mass is 16.1. The van der Waals surface area contributed by atoms with Crippen molar-refractivity contribution in [1.29, 1.82) is 0 Å². The fourth-order valence-corrected chi connectivity index (χ4v) is 1.32. The van der Waals surface area contributed by atoms with Crippen LogP contribution in [0.1, 0.15) is 39.5 Å². The van der Waals surface area contributed by atoms with Gasteiger partial charge in [-0.15, -0.1) is 0 Å². The normalized spacial score (nSPS) is 11.1. The van der Waals surface area contributed by atoms with E-state index in [1.165, 1.54) is 0 Å². The molecule has 0 aromatic heterocycles. The van der Waals surface area contributed by atoms with E-state index in [0.717, 1.165) is 32.4 Å². The lowest BCUT2D eigenvalue weighted by Gasteiger charge is -2.20. The standard InChI is InChI=1S/C12H27N3O/c1-11(2)15(3)10-5-4-9-14-12(16)7-6-8-13/h11H,4-10,13H2,1-3H3,(H,14,16). The molecule has 0 atom stereocenters. The molecule has 3 N–H and O–H groups in total. The summed E-state index contributed by atoms with van der Waals surface area (Å²) in [4.78, 5) is 13.5. The Balaban J connectivity index is 3.30. The Morgan fingerprint density at radius 3 is 2.56 bits per heavy atom. The van der Waals surface area contributed by atoms with Crippen LogP contribution in [0.3, 0.4) is 0 Å². The highest BCUT2D eigenvalue weighted by Crippen LogP contribution is 1.97. The maximum absolute atomic E-state index is 11.2. The molecule has 4 heteroatoms. The smallest absolute Gasteiger partial charge is 0.220 e. The zero-order chi connectivity index (χ0) is 12.4. The van der Waals surface area contributed by atoms with Crippen LogP contribution in [0.25, 0.3) is 0 Å². The first-order valence-electron chi connectivity index (χ1n) is 6.25. The summed E-state index contributed by atoms with van der Waals surface area (Å²) in [5.41, 5.74) is 5.33. The van der Waals surface area contributed by atoms with Crippen LogP contribution in [-0.4, -0.2) is 43.5 Å². The second-order valence-electron chi connectivity index (χ2n) is 4.52. The number of carbonyl (C=O) groups excluding carboxylic acids is 1. The summed E-state index contributed by atoms with van der Waals surface area (Å²) in [5, 5.41) is 2.91. The summed E-state index contributed by atoms with van der Waals surface area (Å²) in [7, 11) is 2.13. The lowest BCUT2D eigenvalue weighted by atomic mass is 10.2. The van der Waals surface area contributed by atoms with Crippen LogP contribution in [-0.2, 0) is 4.79 Å². The minimum absolute atomic E-state index is 0.127. The van der Waals surface area contributed by atoms with Crippen molar-refractivity contribution in [2.24, 2.45) is 5.73 Å². The summed E-state index contributed by atoms with van der Waals surface area (Å²) < 4.78 is 0. The molecule has 0 saturated carbocycles. The average molecular weight is 229 g/mol. The van der Waals surface area contributed by atoms with Crippen molar-refractivity contribution in [2.75, 3.05) is 26.7 Å². The van der Waals surface area contributed by atoms with E-state index in [1.807, 2.05) is 0 Å². The minimum Gasteiger partial charge on any atom is -0.356 e. The Hall–Kier alpha value is -0.610. The predicted molar refractivity (Wildman–Crippen MR) is 68.3 cm³/mol. The first-order valence-corrected chi connectivity index (χ1v) is 6.25. The highest BCUT2D eigenvalue weighted by Gasteiger charge is 2.02. The first kappa shape index (κ1) is 15.4. The molecule has 4 nitrogen and oxygen atoms in total. The topological polar surface area (TPSA) is 58.4 Å². The number of nitrogens with one attached hydrogen (secondary N) is 1. The Labute approximate surface area is 99.6 Å². The van der Waals surface area contributed by atoms with Gasteiger partial charge in [0.25, 0.3) is 0 Å². The van der Waals surface area contributed by atoms with E-state index >= 15 is 0 Å². The van der Waals surface area contributed by atoms with Gasteiger partial charge in [-0.05, 0) is 53.2 Å². The summed E-state index contributed by atoms with van der Waals surface area (Å²) in [6, 6.07) is 0.596. The van der Waals surface area contributed by atoms with Gasteiger partial charge in [0.05, 0.1) is 0 Å². The Kier molecular flexibility index (Phi) is 9.24. The van der Waals surface area contributed by atoms with Crippen molar-refractivity contribution in [3.63, 3.8) is 0 Å². The largest absolute Gasteiger partial charge is 0.356 e. The van der Waals surface area contributed by atoms with E-state index in [4.69, 9.17) is 5.73 Å². The van der Waals surface area contributed by atoms with Crippen molar-refractivity contribution >= 4 is 5.91 Å². The summed E-state index contributed by atoms with van der Waals surface area (Å²) in [6.45, 7) is 6.85. The monoisotopic (exact) mass is 229 g/mol. The van der Waals surface area contributed by atoms with Crippen LogP contribution in [0.15, 0.2) is 0 Å². The third kappa shape index (κ3) is 8.68. The Morgan fingerprint density at radius 2 is 2.00 bits per heavy atom. The molecular formula is C12H27N3O. The lowest BCUT2D eigenvalue weighted by molar-refractivity contribution is -0.121. The van der Waals surface area contributed by atoms with E-state index in [-0.39, 0.29) is 5.91 Å². The molecule has 0 aliphatic rings. The maximum Gasteiger partial charge on any atom is 0.220 e. The van der Waals surface area contributed by atoms with E-state index < -0.39 is 0 Å². The van der Waals surface area contributed by atoms with Crippen LogP contribution in [0, 0.1) is 0 Å². The van der Waals surface area contributed by atoms with Crippen molar-refractivity contribution in [3.8, 4) is 0 Å². The molecule has 96 valence electrons. The zero-order valence-electron chi connectivity index (χ0n) is 11.0. The Morgan fingerprint density at radius 1 is 1.31 bits per heavy atom. The maximum atomic E-state index is 11.2. The van der Waals surface area contributed by atoms with E-state index in [9.17, 15) is 4.79 Å². The fourth-order valence-electron chi connectivity index (χ4n) is 1.32. The number of nitrogens with zero attached hydrogens (tertiary/aromatic N) is 1. The number of amides is 1. The quantitative estimate of drug-likeness (QED) is 0.579. The van der Waals surface area contributed by atoms with Crippen molar-refractivity contribution in [3.05, 3.63) is 0 Å². The van der Waals surface area contributed by atoms with Crippen molar-refractivity contribution < 1.29 is 4.79 Å². The SMILES string of the molecule is CC(C)N(C)CCCCNC(=O)CCCN. The molecule has 0 spiro atoms. The first-order chi connectivity index (χ1) is 7.57. The van der Waals surface area contributed by atoms with Crippen LogP contribution in [0.4, 0.5) is 0 Å². The summed E-state index contributed by atoms with van der Waals surface area (Å²) >= 11 is 0. The van der Waals surface area contributed by atoms with Crippen LogP contribution in [0.2, 0.25) is 0 Å². The number of unbranched alkanes of at least 4 members (excludes halogenated alkanes) is 1. The van der Waals surface area contributed by atoms with Gasteiger partial charge in [-0.3, -0.25) is 4.79 Å². The second-order valence-corrected chi connectivity index (χ2v) is 4.52. The van der Waals surface area contributed by atoms with Gasteiger partial charge in [0.1, 0.15) is 0 Å².